The topological polar surface area (TPSA) is 35.5 Å². The number of benzene rings is 3. The molecule has 39 heavy (non-hydrogen) atoms. The van der Waals surface area contributed by atoms with Crippen molar-refractivity contribution in [3.05, 3.63) is 88.5 Å². The maximum absolute atomic E-state index is 14.8. The first kappa shape index (κ1) is 28.3. The zero-order valence-corrected chi connectivity index (χ0v) is 21.4. The van der Waals surface area contributed by atoms with E-state index in [2.05, 4.69) is 0 Å². The molecule has 0 aromatic heterocycles. The SMILES string of the molecule is CCCc1ccc(C2=CCC(C(=O)Oc3ccc(-c4ccc(OCC)c(F)c4F)c(F)c3F)CC2)c(F)c1F. The zero-order chi connectivity index (χ0) is 28.3. The monoisotopic (exact) mass is 548 g/mol. The van der Waals surface area contributed by atoms with Crippen LogP contribution in [-0.4, -0.2) is 12.6 Å². The lowest BCUT2D eigenvalue weighted by Crippen LogP contribution is -2.23. The molecule has 0 radical (unpaired) electrons. The molecule has 1 aliphatic rings. The number of aryl methyl sites for hydroxylation is 1. The minimum Gasteiger partial charge on any atom is -0.491 e. The Morgan fingerprint density at radius 1 is 0.769 bits per heavy atom. The first-order valence-electron chi connectivity index (χ1n) is 12.6. The Balaban J connectivity index is 1.49. The van der Waals surface area contributed by atoms with Crippen molar-refractivity contribution >= 4 is 11.5 Å². The second-order valence-electron chi connectivity index (χ2n) is 9.18. The molecule has 0 aliphatic heterocycles. The van der Waals surface area contributed by atoms with Gasteiger partial charge in [0.2, 0.25) is 11.6 Å². The molecule has 0 saturated heterocycles. The van der Waals surface area contributed by atoms with E-state index >= 15 is 0 Å². The Kier molecular flexibility index (Phi) is 8.67. The largest absolute Gasteiger partial charge is 0.491 e. The molecule has 206 valence electrons. The molecule has 3 aromatic carbocycles. The quantitative estimate of drug-likeness (QED) is 0.161. The van der Waals surface area contributed by atoms with E-state index in [1.165, 1.54) is 6.07 Å². The van der Waals surface area contributed by atoms with Gasteiger partial charge in [-0.3, -0.25) is 4.79 Å². The summed E-state index contributed by atoms with van der Waals surface area (Å²) in [4.78, 5) is 12.7. The molecule has 1 aliphatic carbocycles. The minimum absolute atomic E-state index is 0.0818. The third-order valence-electron chi connectivity index (χ3n) is 6.67. The highest BCUT2D eigenvalue weighted by molar-refractivity contribution is 5.78. The van der Waals surface area contributed by atoms with Crippen molar-refractivity contribution in [2.75, 3.05) is 6.61 Å². The van der Waals surface area contributed by atoms with E-state index in [1.807, 2.05) is 6.92 Å². The van der Waals surface area contributed by atoms with Crippen LogP contribution in [0.2, 0.25) is 0 Å². The predicted octanol–water partition coefficient (Wildman–Crippen LogP) is 8.33. The van der Waals surface area contributed by atoms with Crippen molar-refractivity contribution in [3.63, 3.8) is 0 Å². The average molecular weight is 549 g/mol. The Morgan fingerprint density at radius 2 is 1.36 bits per heavy atom. The molecule has 0 spiro atoms. The lowest BCUT2D eigenvalue weighted by Gasteiger charge is -2.21. The van der Waals surface area contributed by atoms with Crippen LogP contribution >= 0.6 is 0 Å². The van der Waals surface area contributed by atoms with Gasteiger partial charge in [-0.2, -0.15) is 8.78 Å². The second kappa shape index (κ2) is 12.0. The first-order chi connectivity index (χ1) is 18.7. The maximum atomic E-state index is 14.8. The lowest BCUT2D eigenvalue weighted by atomic mass is 9.86. The summed E-state index contributed by atoms with van der Waals surface area (Å²) in [5.74, 6) is -10.2. The number of hydrogen-bond donors (Lipinski definition) is 0. The van der Waals surface area contributed by atoms with Crippen LogP contribution in [0.25, 0.3) is 16.7 Å². The molecule has 0 fully saturated rings. The van der Waals surface area contributed by atoms with Crippen molar-refractivity contribution in [1.82, 2.24) is 0 Å². The first-order valence-corrected chi connectivity index (χ1v) is 12.6. The van der Waals surface area contributed by atoms with Crippen molar-refractivity contribution in [1.29, 1.82) is 0 Å². The van der Waals surface area contributed by atoms with Gasteiger partial charge < -0.3 is 9.47 Å². The van der Waals surface area contributed by atoms with Crippen LogP contribution in [0, 0.1) is 40.8 Å². The Hall–Kier alpha value is -3.75. The summed E-state index contributed by atoms with van der Waals surface area (Å²) in [5, 5.41) is 0. The number of ether oxygens (including phenoxy) is 2. The predicted molar refractivity (Wildman–Crippen MR) is 134 cm³/mol. The van der Waals surface area contributed by atoms with E-state index in [1.54, 1.807) is 19.1 Å². The fourth-order valence-electron chi connectivity index (χ4n) is 4.61. The molecule has 0 amide bonds. The molecule has 1 unspecified atom stereocenters. The molecule has 3 aromatic rings. The number of rotatable bonds is 8. The summed E-state index contributed by atoms with van der Waals surface area (Å²) < 4.78 is 97.4. The van der Waals surface area contributed by atoms with E-state index in [9.17, 15) is 31.1 Å². The van der Waals surface area contributed by atoms with E-state index in [4.69, 9.17) is 9.47 Å². The van der Waals surface area contributed by atoms with Crippen LogP contribution < -0.4 is 9.47 Å². The van der Waals surface area contributed by atoms with Crippen LogP contribution in [0.4, 0.5) is 26.3 Å². The van der Waals surface area contributed by atoms with Crippen LogP contribution in [0.1, 0.15) is 50.7 Å². The highest BCUT2D eigenvalue weighted by atomic mass is 19.2. The molecular weight excluding hydrogens is 522 g/mol. The minimum atomic E-state index is -1.54. The molecular formula is C30H26F6O3. The second-order valence-corrected chi connectivity index (χ2v) is 9.18. The summed E-state index contributed by atoms with van der Waals surface area (Å²) in [6.07, 6.45) is 3.30. The Morgan fingerprint density at radius 3 is 1.95 bits per heavy atom. The Labute approximate surface area is 222 Å². The standard InChI is InChI=1S/C30H26F6O3/c1-3-5-17-10-11-19(25(32)24(17)31)16-6-8-18(9-7-16)30(37)39-23-15-13-21(27(34)29(23)36)20-12-14-22(38-4-2)28(35)26(20)33/h6,10-15,18H,3-5,7-9H2,1-2H3. The van der Waals surface area contributed by atoms with Gasteiger partial charge in [0.1, 0.15) is 0 Å². The average Bonchev–Trinajstić information content (AvgIpc) is 2.93. The molecule has 0 bridgehead atoms. The van der Waals surface area contributed by atoms with Crippen LogP contribution in [0.5, 0.6) is 11.5 Å². The summed E-state index contributed by atoms with van der Waals surface area (Å²) in [5.41, 5.74) is -0.115. The van der Waals surface area contributed by atoms with E-state index in [0.717, 1.165) is 24.3 Å². The number of carbonyl (C=O) groups excluding carboxylic acids is 1. The van der Waals surface area contributed by atoms with E-state index in [0.29, 0.717) is 24.0 Å². The molecule has 3 nitrogen and oxygen atoms in total. The van der Waals surface area contributed by atoms with Gasteiger partial charge in [0.25, 0.3) is 0 Å². The smallest absolute Gasteiger partial charge is 0.314 e. The van der Waals surface area contributed by atoms with Crippen LogP contribution in [0.15, 0.2) is 42.5 Å². The van der Waals surface area contributed by atoms with Gasteiger partial charge in [0.05, 0.1) is 12.5 Å². The number of carbonyl (C=O) groups is 1. The van der Waals surface area contributed by atoms with Crippen LogP contribution in [-0.2, 0) is 11.2 Å². The molecule has 1 atom stereocenters. The Bertz CT molecular complexity index is 1430. The fourth-order valence-corrected chi connectivity index (χ4v) is 4.61. The van der Waals surface area contributed by atoms with Crippen molar-refractivity contribution in [3.8, 4) is 22.6 Å². The summed E-state index contributed by atoms with van der Waals surface area (Å²) in [7, 11) is 0. The molecule has 0 saturated carbocycles. The van der Waals surface area contributed by atoms with Gasteiger partial charge in [-0.05, 0) is 68.0 Å². The van der Waals surface area contributed by atoms with Gasteiger partial charge in [-0.15, -0.1) is 0 Å². The maximum Gasteiger partial charge on any atom is 0.314 e. The highest BCUT2D eigenvalue weighted by Gasteiger charge is 2.28. The molecule has 0 N–H and O–H groups in total. The van der Waals surface area contributed by atoms with Gasteiger partial charge in [-0.1, -0.05) is 31.6 Å². The zero-order valence-electron chi connectivity index (χ0n) is 21.4. The lowest BCUT2D eigenvalue weighted by molar-refractivity contribution is -0.139. The van der Waals surface area contributed by atoms with Gasteiger partial charge in [-0.25, -0.2) is 17.6 Å². The number of allylic oxidation sites excluding steroid dienone is 2. The highest BCUT2D eigenvalue weighted by Crippen LogP contribution is 2.37. The summed E-state index contributed by atoms with van der Waals surface area (Å²) in [6, 6.07) is 7.18. The number of halogens is 6. The van der Waals surface area contributed by atoms with Crippen molar-refractivity contribution < 1.29 is 40.6 Å². The van der Waals surface area contributed by atoms with E-state index in [-0.39, 0.29) is 37.2 Å². The fraction of sp³-hybridized carbons (Fsp3) is 0.300. The third kappa shape index (κ3) is 5.67. The normalized spacial score (nSPS) is 15.2. The third-order valence-corrected chi connectivity index (χ3v) is 6.67. The van der Waals surface area contributed by atoms with Crippen molar-refractivity contribution in [2.24, 2.45) is 5.92 Å². The van der Waals surface area contributed by atoms with Gasteiger partial charge in [0.15, 0.2) is 34.8 Å². The molecule has 9 heteroatoms. The number of hydrogen-bond acceptors (Lipinski definition) is 3. The molecule has 0 heterocycles. The van der Waals surface area contributed by atoms with E-state index < -0.39 is 63.7 Å². The van der Waals surface area contributed by atoms with Gasteiger partial charge in [0, 0.05) is 16.7 Å². The van der Waals surface area contributed by atoms with Crippen LogP contribution in [0.3, 0.4) is 0 Å². The summed E-state index contributed by atoms with van der Waals surface area (Å²) in [6.45, 7) is 3.53. The molecule has 4 rings (SSSR count). The summed E-state index contributed by atoms with van der Waals surface area (Å²) >= 11 is 0. The van der Waals surface area contributed by atoms with Crippen molar-refractivity contribution in [2.45, 2.75) is 46.0 Å². The van der Waals surface area contributed by atoms with Gasteiger partial charge >= 0.3 is 5.97 Å². The number of esters is 1.